The zero-order valence-corrected chi connectivity index (χ0v) is 17.0. The number of amides is 1. The van der Waals surface area contributed by atoms with Crippen molar-refractivity contribution < 1.29 is 33.4 Å². The van der Waals surface area contributed by atoms with Gasteiger partial charge in [0.1, 0.15) is 12.1 Å². The molecule has 0 rings (SSSR count). The summed E-state index contributed by atoms with van der Waals surface area (Å²) in [5, 5.41) is 0.887. The number of esters is 2. The Hall–Kier alpha value is -1.85. The Morgan fingerprint density at radius 1 is 1.08 bits per heavy atom. The number of carbonyl (C=O) groups is 4. The fraction of sp³-hybridized carbons (Fsp3) is 0.600. The van der Waals surface area contributed by atoms with Gasteiger partial charge in [0.05, 0.1) is 19.3 Å². The van der Waals surface area contributed by atoms with E-state index in [1.165, 1.54) is 22.6 Å². The van der Waals surface area contributed by atoms with Crippen molar-refractivity contribution >= 4 is 44.4 Å². The molecule has 0 aliphatic carbocycles. The molecule has 1 amide bonds. The van der Waals surface area contributed by atoms with Gasteiger partial charge >= 0.3 is 18.0 Å². The van der Waals surface area contributed by atoms with Crippen molar-refractivity contribution in [2.24, 2.45) is 0 Å². The molecule has 142 valence electrons. The Morgan fingerprint density at radius 2 is 1.64 bits per heavy atom. The van der Waals surface area contributed by atoms with Crippen molar-refractivity contribution in [3.05, 3.63) is 11.8 Å². The Labute approximate surface area is 160 Å². The lowest BCUT2D eigenvalue weighted by molar-refractivity contribution is -0.143. The van der Waals surface area contributed by atoms with Crippen molar-refractivity contribution in [2.45, 2.75) is 40.2 Å². The Kier molecular flexibility index (Phi) is 10.1. The summed E-state index contributed by atoms with van der Waals surface area (Å²) in [6.07, 6.45) is -0.0532. The second-order valence-electron chi connectivity index (χ2n) is 5.56. The van der Waals surface area contributed by atoms with E-state index >= 15 is 0 Å². The summed E-state index contributed by atoms with van der Waals surface area (Å²) in [6.45, 7) is 7.89. The minimum atomic E-state index is -0.899. The molecule has 0 heterocycles. The number of hydrogen-bond acceptors (Lipinski definition) is 8. The highest BCUT2D eigenvalue weighted by Crippen LogP contribution is 2.10. The number of nitrogens with one attached hydrogen (secondary N) is 1. The van der Waals surface area contributed by atoms with Gasteiger partial charge in [0.25, 0.3) is 0 Å². The van der Waals surface area contributed by atoms with Crippen LogP contribution in [-0.2, 0) is 28.6 Å². The molecule has 9 nitrogen and oxygen atoms in total. The molecule has 0 radical (unpaired) electrons. The minimum Gasteiger partial charge on any atom is -0.463 e. The Balaban J connectivity index is 5.60. The van der Waals surface area contributed by atoms with Crippen LogP contribution in [0.1, 0.15) is 34.6 Å². The molecule has 10 heteroatoms. The number of halogens is 1. The Morgan fingerprint density at radius 3 is 2.08 bits per heavy atom. The number of nitrogens with zero attached hydrogens (tertiary/aromatic N) is 1. The van der Waals surface area contributed by atoms with Gasteiger partial charge in [0.15, 0.2) is 5.70 Å². The summed E-state index contributed by atoms with van der Waals surface area (Å²) in [5.74, 6) is -1.72. The highest BCUT2D eigenvalue weighted by atomic mass is 127. The quantitative estimate of drug-likeness (QED) is 0.143. The number of rotatable bonds is 8. The first-order valence-corrected chi connectivity index (χ1v) is 8.59. The van der Waals surface area contributed by atoms with E-state index in [9.17, 15) is 19.2 Å². The van der Waals surface area contributed by atoms with E-state index in [2.05, 4.69) is 5.43 Å². The van der Waals surface area contributed by atoms with E-state index in [1.54, 1.807) is 34.6 Å². The third-order valence-electron chi connectivity index (χ3n) is 2.22. The molecule has 0 aromatic carbocycles. The molecule has 0 fully saturated rings. The fourth-order valence-corrected chi connectivity index (χ4v) is 1.81. The first-order valence-electron chi connectivity index (χ1n) is 7.51. The van der Waals surface area contributed by atoms with Crippen LogP contribution in [-0.4, -0.2) is 52.2 Å². The van der Waals surface area contributed by atoms with Gasteiger partial charge in [-0.05, 0) is 34.6 Å². The summed E-state index contributed by atoms with van der Waals surface area (Å²) in [4.78, 5) is 47.3. The number of carbonyl (C=O) groups excluding carboxylic acids is 4. The SMILES string of the molecule is CCOC(=O)/C=C(\C(=O)OCC)N(CC(=O)I)NC(=O)OC(C)(C)C. The number of hydrogen-bond donors (Lipinski definition) is 1. The molecule has 0 aromatic heterocycles. The van der Waals surface area contributed by atoms with Crippen LogP contribution in [0.2, 0.25) is 0 Å². The van der Waals surface area contributed by atoms with Gasteiger partial charge in [-0.25, -0.2) is 19.8 Å². The first kappa shape index (κ1) is 23.1. The number of hydrazine groups is 1. The predicted octanol–water partition coefficient (Wildman–Crippen LogP) is 1.70. The maximum Gasteiger partial charge on any atom is 0.426 e. The molecule has 0 unspecified atom stereocenters. The van der Waals surface area contributed by atoms with E-state index in [-0.39, 0.29) is 25.5 Å². The van der Waals surface area contributed by atoms with Gasteiger partial charge in [0.2, 0.25) is 3.79 Å². The molecule has 25 heavy (non-hydrogen) atoms. The van der Waals surface area contributed by atoms with E-state index in [4.69, 9.17) is 14.2 Å². The van der Waals surface area contributed by atoms with Gasteiger partial charge in [-0.1, -0.05) is 0 Å². The van der Waals surface area contributed by atoms with E-state index < -0.39 is 27.4 Å². The maximum atomic E-state index is 12.1. The average molecular weight is 470 g/mol. The van der Waals surface area contributed by atoms with Crippen LogP contribution < -0.4 is 5.43 Å². The lowest BCUT2D eigenvalue weighted by atomic mass is 10.2. The number of ether oxygens (including phenoxy) is 3. The van der Waals surface area contributed by atoms with Crippen LogP contribution in [0.5, 0.6) is 0 Å². The van der Waals surface area contributed by atoms with Crippen LogP contribution in [0.4, 0.5) is 4.79 Å². The molecule has 0 aromatic rings. The van der Waals surface area contributed by atoms with Crippen molar-refractivity contribution in [3.63, 3.8) is 0 Å². The van der Waals surface area contributed by atoms with Gasteiger partial charge in [-0.3, -0.25) is 9.80 Å². The molecule has 0 atom stereocenters. The van der Waals surface area contributed by atoms with Gasteiger partial charge < -0.3 is 14.2 Å². The predicted molar refractivity (Wildman–Crippen MR) is 96.5 cm³/mol. The van der Waals surface area contributed by atoms with Gasteiger partial charge in [-0.15, -0.1) is 0 Å². The van der Waals surface area contributed by atoms with Crippen LogP contribution in [0.3, 0.4) is 0 Å². The third kappa shape index (κ3) is 10.6. The van der Waals surface area contributed by atoms with Crippen LogP contribution in [0.25, 0.3) is 0 Å². The topological polar surface area (TPSA) is 111 Å². The molecule has 0 aliphatic rings. The molecule has 0 saturated heterocycles. The third-order valence-corrected chi connectivity index (χ3v) is 2.57. The fourth-order valence-electron chi connectivity index (χ4n) is 1.47. The van der Waals surface area contributed by atoms with Crippen molar-refractivity contribution in [1.29, 1.82) is 0 Å². The van der Waals surface area contributed by atoms with Crippen molar-refractivity contribution in [3.8, 4) is 0 Å². The molecule has 1 N–H and O–H groups in total. The largest absolute Gasteiger partial charge is 0.463 e. The smallest absolute Gasteiger partial charge is 0.426 e. The molecule has 0 bridgehead atoms. The lowest BCUT2D eigenvalue weighted by Crippen LogP contribution is -2.47. The zero-order valence-electron chi connectivity index (χ0n) is 14.9. The normalized spacial score (nSPS) is 11.4. The highest BCUT2D eigenvalue weighted by molar-refractivity contribution is 14.1. The molecule has 0 aliphatic heterocycles. The van der Waals surface area contributed by atoms with E-state index in [0.29, 0.717) is 0 Å². The van der Waals surface area contributed by atoms with Crippen LogP contribution >= 0.6 is 22.6 Å². The monoisotopic (exact) mass is 470 g/mol. The van der Waals surface area contributed by atoms with Crippen LogP contribution in [0.15, 0.2) is 11.8 Å². The van der Waals surface area contributed by atoms with Crippen molar-refractivity contribution in [2.75, 3.05) is 19.8 Å². The molecular weight excluding hydrogens is 447 g/mol. The molecular formula is C15H23IN2O7. The van der Waals surface area contributed by atoms with Crippen molar-refractivity contribution in [1.82, 2.24) is 10.4 Å². The standard InChI is InChI=1S/C15H23IN2O7/c1-6-23-12(20)8-10(13(21)24-7-2)18(9-11(16)19)17-14(22)25-15(3,4)5/h8H,6-7,9H2,1-5H3,(H,17,22)/b10-8+. The highest BCUT2D eigenvalue weighted by Gasteiger charge is 2.26. The first-order chi connectivity index (χ1) is 11.5. The summed E-state index contributed by atoms with van der Waals surface area (Å²) >= 11 is 1.49. The average Bonchev–Trinajstić information content (AvgIpc) is 2.42. The molecule has 0 saturated carbocycles. The second-order valence-corrected chi connectivity index (χ2v) is 6.76. The zero-order chi connectivity index (χ0) is 19.6. The van der Waals surface area contributed by atoms with Gasteiger partial charge in [0, 0.05) is 22.6 Å². The van der Waals surface area contributed by atoms with E-state index in [1.807, 2.05) is 0 Å². The molecule has 0 spiro atoms. The maximum absolute atomic E-state index is 12.1. The summed E-state index contributed by atoms with van der Waals surface area (Å²) in [7, 11) is 0. The minimum absolute atomic E-state index is 0.0391. The summed E-state index contributed by atoms with van der Waals surface area (Å²) in [6, 6.07) is 0. The lowest BCUT2D eigenvalue weighted by Gasteiger charge is -2.27. The summed E-state index contributed by atoms with van der Waals surface area (Å²) in [5.41, 5.74) is 1.12. The van der Waals surface area contributed by atoms with E-state index in [0.717, 1.165) is 11.1 Å². The Bertz CT molecular complexity index is 540. The van der Waals surface area contributed by atoms with Crippen LogP contribution in [0, 0.1) is 0 Å². The summed E-state index contributed by atoms with van der Waals surface area (Å²) < 4.78 is 14.3. The second kappa shape index (κ2) is 10.9. The van der Waals surface area contributed by atoms with Gasteiger partial charge in [-0.2, -0.15) is 0 Å².